The normalized spacial score (nSPS) is 14.0. The van der Waals surface area contributed by atoms with E-state index < -0.39 is 4.92 Å². The molecule has 9 heteroatoms. The summed E-state index contributed by atoms with van der Waals surface area (Å²) >= 11 is 0. The first-order chi connectivity index (χ1) is 15.8. The molecule has 1 unspecified atom stereocenters. The van der Waals surface area contributed by atoms with E-state index in [2.05, 4.69) is 29.5 Å². The molecule has 1 atom stereocenters. The Bertz CT molecular complexity index is 879. The number of rotatable bonds is 11. The number of likely N-dealkylation sites (N-methyl/N-ethyl adjacent to an activating group) is 2. The summed E-state index contributed by atoms with van der Waals surface area (Å²) in [6.07, 6.45) is 8.75. The molecule has 9 nitrogen and oxygen atoms in total. The SMILES string of the molecule is CC.CCC(C)CCN(C)CC(=O)Nc1cc(OC2=CCC([N+](=O)[O-])=C(NC)C=C2)ccn1. The fourth-order valence-corrected chi connectivity index (χ4v) is 2.94. The van der Waals surface area contributed by atoms with Crippen molar-refractivity contribution in [2.45, 2.75) is 47.0 Å². The molecule has 1 amide bonds. The molecule has 1 aliphatic rings. The van der Waals surface area contributed by atoms with Gasteiger partial charge in [-0.25, -0.2) is 4.98 Å². The highest BCUT2D eigenvalue weighted by atomic mass is 16.6. The zero-order valence-electron chi connectivity index (χ0n) is 20.6. The van der Waals surface area contributed by atoms with E-state index in [1.165, 1.54) is 6.20 Å². The zero-order chi connectivity index (χ0) is 24.8. The lowest BCUT2D eigenvalue weighted by molar-refractivity contribution is -0.428. The number of pyridine rings is 1. The predicted molar refractivity (Wildman–Crippen MR) is 131 cm³/mol. The van der Waals surface area contributed by atoms with Gasteiger partial charge in [-0.2, -0.15) is 0 Å². The van der Waals surface area contributed by atoms with E-state index in [0.29, 0.717) is 28.9 Å². The minimum absolute atomic E-state index is 0.0671. The molecule has 1 aromatic rings. The molecule has 33 heavy (non-hydrogen) atoms. The third-order valence-corrected chi connectivity index (χ3v) is 5.06. The summed E-state index contributed by atoms with van der Waals surface area (Å²) in [4.78, 5) is 29.3. The van der Waals surface area contributed by atoms with Gasteiger partial charge in [0.15, 0.2) is 0 Å². The largest absolute Gasteiger partial charge is 0.458 e. The van der Waals surface area contributed by atoms with E-state index in [0.717, 1.165) is 19.4 Å². The highest BCUT2D eigenvalue weighted by Crippen LogP contribution is 2.22. The van der Waals surface area contributed by atoms with E-state index in [1.54, 1.807) is 37.4 Å². The molecule has 182 valence electrons. The van der Waals surface area contributed by atoms with E-state index in [4.69, 9.17) is 4.74 Å². The molecule has 0 saturated heterocycles. The highest BCUT2D eigenvalue weighted by molar-refractivity contribution is 5.91. The number of nitro groups is 1. The summed E-state index contributed by atoms with van der Waals surface area (Å²) in [5.41, 5.74) is 0.498. The fourth-order valence-electron chi connectivity index (χ4n) is 2.94. The summed E-state index contributed by atoms with van der Waals surface area (Å²) in [7, 11) is 3.56. The van der Waals surface area contributed by atoms with Crippen LogP contribution in [0.3, 0.4) is 0 Å². The number of carbonyl (C=O) groups is 1. The molecule has 0 aromatic carbocycles. The highest BCUT2D eigenvalue weighted by Gasteiger charge is 2.18. The van der Waals surface area contributed by atoms with E-state index in [9.17, 15) is 14.9 Å². The van der Waals surface area contributed by atoms with Crippen LogP contribution in [-0.2, 0) is 4.79 Å². The third-order valence-electron chi connectivity index (χ3n) is 5.06. The van der Waals surface area contributed by atoms with Crippen LogP contribution in [0.5, 0.6) is 5.75 Å². The molecule has 2 N–H and O–H groups in total. The van der Waals surface area contributed by atoms with Gasteiger partial charge in [-0.15, -0.1) is 0 Å². The van der Waals surface area contributed by atoms with Crippen molar-refractivity contribution in [3.8, 4) is 5.75 Å². The number of hydrogen-bond acceptors (Lipinski definition) is 7. The Morgan fingerprint density at radius 2 is 2.09 bits per heavy atom. The molecule has 0 fully saturated rings. The molecule has 0 spiro atoms. The molecule has 1 aliphatic carbocycles. The fraction of sp³-hybridized carbons (Fsp3) is 0.500. The van der Waals surface area contributed by atoms with E-state index >= 15 is 0 Å². The van der Waals surface area contributed by atoms with Crippen molar-refractivity contribution in [1.82, 2.24) is 15.2 Å². The van der Waals surface area contributed by atoms with Crippen molar-refractivity contribution >= 4 is 11.7 Å². The van der Waals surface area contributed by atoms with Crippen molar-refractivity contribution in [2.75, 3.05) is 32.5 Å². The number of nitrogens with one attached hydrogen (secondary N) is 2. The van der Waals surface area contributed by atoms with Gasteiger partial charge in [-0.05, 0) is 50.2 Å². The first-order valence-corrected chi connectivity index (χ1v) is 11.4. The Labute approximate surface area is 196 Å². The van der Waals surface area contributed by atoms with Crippen molar-refractivity contribution in [1.29, 1.82) is 0 Å². The van der Waals surface area contributed by atoms with Gasteiger partial charge in [0.25, 0.3) is 5.70 Å². The maximum Gasteiger partial charge on any atom is 0.272 e. The summed E-state index contributed by atoms with van der Waals surface area (Å²) in [5, 5.41) is 16.8. The van der Waals surface area contributed by atoms with Gasteiger partial charge in [0.1, 0.15) is 23.0 Å². The lowest BCUT2D eigenvalue weighted by atomic mass is 10.1. The number of hydrogen-bond donors (Lipinski definition) is 2. The van der Waals surface area contributed by atoms with Crippen LogP contribution in [-0.4, -0.2) is 47.9 Å². The molecule has 0 radical (unpaired) electrons. The van der Waals surface area contributed by atoms with Gasteiger partial charge < -0.3 is 15.4 Å². The standard InChI is InChI=1S/C22H31N5O4.C2H6/c1-5-16(2)11-13-26(4)15-22(28)25-21-14-18(10-12-24-21)31-17-6-8-19(23-3)20(9-7-17)27(29)30;1-2/h6-8,10,12,14,16,23H,5,9,11,13,15H2,1-4H3,(H,24,25,28);1-2H3. The van der Waals surface area contributed by atoms with Crippen LogP contribution in [0, 0.1) is 16.0 Å². The van der Waals surface area contributed by atoms with Gasteiger partial charge in [0.05, 0.1) is 17.9 Å². The minimum Gasteiger partial charge on any atom is -0.458 e. The number of aromatic nitrogens is 1. The number of allylic oxidation sites excluding steroid dienone is 3. The Kier molecular flexibility index (Phi) is 12.5. The average molecular weight is 460 g/mol. The molecular weight excluding hydrogens is 422 g/mol. The second-order valence-corrected chi connectivity index (χ2v) is 7.58. The molecule has 1 heterocycles. The summed E-state index contributed by atoms with van der Waals surface area (Å²) in [6.45, 7) is 9.50. The molecular formula is C24H37N5O4. The van der Waals surface area contributed by atoms with Crippen LogP contribution in [0.25, 0.3) is 0 Å². The second-order valence-electron chi connectivity index (χ2n) is 7.58. The smallest absolute Gasteiger partial charge is 0.272 e. The lowest BCUT2D eigenvalue weighted by Gasteiger charge is -2.18. The van der Waals surface area contributed by atoms with Crippen LogP contribution in [0.2, 0.25) is 0 Å². The van der Waals surface area contributed by atoms with Crippen molar-refractivity contribution in [2.24, 2.45) is 5.92 Å². The first kappa shape index (κ1) is 27.8. The van der Waals surface area contributed by atoms with Crippen LogP contribution in [0.1, 0.15) is 47.0 Å². The predicted octanol–water partition coefficient (Wildman–Crippen LogP) is 4.34. The van der Waals surface area contributed by atoms with Crippen molar-refractivity contribution < 1.29 is 14.5 Å². The van der Waals surface area contributed by atoms with E-state index in [1.807, 2.05) is 25.8 Å². The van der Waals surface area contributed by atoms with Gasteiger partial charge in [-0.1, -0.05) is 34.1 Å². The number of ether oxygens (including phenoxy) is 1. The van der Waals surface area contributed by atoms with Crippen molar-refractivity contribution in [3.63, 3.8) is 0 Å². The quantitative estimate of drug-likeness (QED) is 0.374. The Morgan fingerprint density at radius 3 is 2.73 bits per heavy atom. The van der Waals surface area contributed by atoms with E-state index in [-0.39, 0.29) is 24.6 Å². The van der Waals surface area contributed by atoms with Crippen LogP contribution in [0.4, 0.5) is 5.82 Å². The average Bonchev–Trinajstić information content (AvgIpc) is 3.01. The summed E-state index contributed by atoms with van der Waals surface area (Å²) in [5.74, 6) is 1.81. The number of anilines is 1. The van der Waals surface area contributed by atoms with Crippen LogP contribution >= 0.6 is 0 Å². The molecule has 2 rings (SSSR count). The molecule has 0 saturated carbocycles. The molecule has 0 aliphatic heterocycles. The first-order valence-electron chi connectivity index (χ1n) is 11.4. The van der Waals surface area contributed by atoms with Crippen LogP contribution < -0.4 is 15.4 Å². The monoisotopic (exact) mass is 459 g/mol. The summed E-state index contributed by atoms with van der Waals surface area (Å²) in [6, 6.07) is 3.28. The minimum atomic E-state index is -0.407. The number of amides is 1. The molecule has 0 bridgehead atoms. The van der Waals surface area contributed by atoms with Gasteiger partial charge >= 0.3 is 0 Å². The topological polar surface area (TPSA) is 110 Å². The van der Waals surface area contributed by atoms with Gasteiger partial charge in [0.2, 0.25) is 5.91 Å². The third kappa shape index (κ3) is 9.86. The number of nitrogens with zero attached hydrogens (tertiary/aromatic N) is 3. The van der Waals surface area contributed by atoms with Crippen LogP contribution in [0.15, 0.2) is 53.7 Å². The zero-order valence-corrected chi connectivity index (χ0v) is 20.6. The van der Waals surface area contributed by atoms with Gasteiger partial charge in [-0.3, -0.25) is 19.8 Å². The maximum absolute atomic E-state index is 12.3. The Hall–Kier alpha value is -3.20. The van der Waals surface area contributed by atoms with Crippen molar-refractivity contribution in [3.05, 3.63) is 63.8 Å². The lowest BCUT2D eigenvalue weighted by Crippen LogP contribution is -2.31. The summed E-state index contributed by atoms with van der Waals surface area (Å²) < 4.78 is 5.83. The second kappa shape index (κ2) is 14.8. The van der Waals surface area contributed by atoms with Gasteiger partial charge in [0, 0.05) is 19.3 Å². The maximum atomic E-state index is 12.3. The number of carbonyl (C=O) groups excluding carboxylic acids is 1. The Morgan fingerprint density at radius 1 is 1.36 bits per heavy atom. The molecule has 1 aromatic heterocycles. The Balaban J connectivity index is 0.00000265.